The van der Waals surface area contributed by atoms with Crippen LogP contribution in [-0.2, 0) is 23.8 Å². The SMILES string of the molecule is O=C(O)c1cnn(-c2cccc(-c3sccc3CCc3ccc(C4CCN(C(=O)C5CC5)CC4)cc3)n2)c1C(F)(F)F. The average molecular weight is 595 g/mol. The molecule has 1 N–H and O–H groups in total. The molecule has 2 fully saturated rings. The van der Waals surface area contributed by atoms with E-state index in [4.69, 9.17) is 0 Å². The lowest BCUT2D eigenvalue weighted by Crippen LogP contribution is -2.38. The fourth-order valence-corrected chi connectivity index (χ4v) is 6.56. The number of piperidine rings is 1. The summed E-state index contributed by atoms with van der Waals surface area (Å²) in [7, 11) is 0. The fraction of sp³-hybridized carbons (Fsp3) is 0.355. The Hall–Kier alpha value is -3.99. The van der Waals surface area contributed by atoms with Gasteiger partial charge in [0.05, 0.1) is 16.8 Å². The Morgan fingerprint density at radius 1 is 0.976 bits per heavy atom. The summed E-state index contributed by atoms with van der Waals surface area (Å²) in [6.45, 7) is 1.66. The van der Waals surface area contributed by atoms with Crippen LogP contribution in [-0.4, -0.2) is 49.7 Å². The van der Waals surface area contributed by atoms with Crippen molar-refractivity contribution < 1.29 is 27.9 Å². The Bertz CT molecular complexity index is 1600. The van der Waals surface area contributed by atoms with Crippen molar-refractivity contribution in [2.75, 3.05) is 13.1 Å². The Balaban J connectivity index is 1.13. The minimum absolute atomic E-state index is 0.106. The fourth-order valence-electron chi connectivity index (χ4n) is 5.63. The molecule has 0 bridgehead atoms. The van der Waals surface area contributed by atoms with Gasteiger partial charge in [0.1, 0.15) is 5.56 Å². The Labute approximate surface area is 244 Å². The van der Waals surface area contributed by atoms with E-state index in [9.17, 15) is 27.9 Å². The van der Waals surface area contributed by atoms with Crippen molar-refractivity contribution in [1.82, 2.24) is 19.7 Å². The number of carbonyl (C=O) groups excluding carboxylic acids is 1. The molecule has 0 radical (unpaired) electrons. The van der Waals surface area contributed by atoms with Crippen LogP contribution < -0.4 is 0 Å². The van der Waals surface area contributed by atoms with Gasteiger partial charge in [-0.2, -0.15) is 18.3 Å². The van der Waals surface area contributed by atoms with E-state index >= 15 is 0 Å². The molecule has 2 aliphatic rings. The first kappa shape index (κ1) is 28.1. The summed E-state index contributed by atoms with van der Waals surface area (Å²) in [6.07, 6.45) is 1.35. The summed E-state index contributed by atoms with van der Waals surface area (Å²) in [5, 5.41) is 14.9. The van der Waals surface area contributed by atoms with E-state index in [1.165, 1.54) is 28.5 Å². The number of aryl methyl sites for hydroxylation is 2. The number of carboxylic acids is 1. The minimum Gasteiger partial charge on any atom is -0.478 e. The van der Waals surface area contributed by atoms with Gasteiger partial charge in [-0.3, -0.25) is 4.79 Å². The molecule has 4 heterocycles. The normalized spacial score (nSPS) is 16.1. The minimum atomic E-state index is -4.92. The quantitative estimate of drug-likeness (QED) is 0.248. The van der Waals surface area contributed by atoms with Gasteiger partial charge in [-0.15, -0.1) is 11.3 Å². The summed E-state index contributed by atoms with van der Waals surface area (Å²) in [4.78, 5) is 31.0. The number of thiophene rings is 1. The molecule has 1 saturated carbocycles. The predicted octanol–water partition coefficient (Wildman–Crippen LogP) is 6.61. The first-order valence-corrected chi connectivity index (χ1v) is 14.9. The third kappa shape index (κ3) is 5.83. The van der Waals surface area contributed by atoms with E-state index in [0.29, 0.717) is 28.4 Å². The Kier molecular flexibility index (Phi) is 7.61. The van der Waals surface area contributed by atoms with Gasteiger partial charge in [-0.25, -0.2) is 14.5 Å². The summed E-state index contributed by atoms with van der Waals surface area (Å²) >= 11 is 1.45. The van der Waals surface area contributed by atoms with Crippen LogP contribution in [0.5, 0.6) is 0 Å². The van der Waals surface area contributed by atoms with Crippen LogP contribution in [0.4, 0.5) is 13.2 Å². The third-order valence-electron chi connectivity index (χ3n) is 8.07. The number of pyridine rings is 1. The highest BCUT2D eigenvalue weighted by atomic mass is 32.1. The van der Waals surface area contributed by atoms with E-state index in [-0.39, 0.29) is 11.7 Å². The third-order valence-corrected chi connectivity index (χ3v) is 9.05. The number of amides is 1. The van der Waals surface area contributed by atoms with Crippen LogP contribution in [0.1, 0.15) is 64.3 Å². The van der Waals surface area contributed by atoms with Crippen LogP contribution in [0.25, 0.3) is 16.4 Å². The standard InChI is InChI=1S/C31H29F3N4O3S/c32-31(33,34)28-24(30(40)41)18-35-38(28)26-3-1-2-25(36-26)27-22(14-17-42-27)9-6-19-4-7-20(8-5-19)21-12-15-37(16-13-21)29(39)23-10-11-23/h1-5,7-8,14,17-18,21,23H,6,9-13,15-16H2,(H,40,41). The number of rotatable bonds is 8. The number of aromatic carboxylic acids is 1. The molecule has 1 aromatic carbocycles. The van der Waals surface area contributed by atoms with Gasteiger partial charge in [0.2, 0.25) is 5.91 Å². The number of benzene rings is 1. The summed E-state index contributed by atoms with van der Waals surface area (Å²) in [6, 6.07) is 15.4. The summed E-state index contributed by atoms with van der Waals surface area (Å²) in [5.74, 6) is -0.745. The zero-order chi connectivity index (χ0) is 29.4. The highest BCUT2D eigenvalue weighted by Gasteiger charge is 2.41. The molecule has 7 nitrogen and oxygen atoms in total. The van der Waals surface area contributed by atoms with Crippen molar-refractivity contribution in [3.63, 3.8) is 0 Å². The lowest BCUT2D eigenvalue weighted by atomic mass is 9.88. The van der Waals surface area contributed by atoms with E-state index in [1.807, 2.05) is 16.3 Å². The predicted molar refractivity (Wildman–Crippen MR) is 152 cm³/mol. The second kappa shape index (κ2) is 11.4. The molecule has 0 unspecified atom stereocenters. The molecule has 4 aromatic rings. The van der Waals surface area contributed by atoms with Crippen LogP contribution in [0.2, 0.25) is 0 Å². The van der Waals surface area contributed by atoms with Crippen molar-refractivity contribution in [3.8, 4) is 16.4 Å². The van der Waals surface area contributed by atoms with Gasteiger partial charge in [0.25, 0.3) is 0 Å². The van der Waals surface area contributed by atoms with Crippen molar-refractivity contribution in [1.29, 1.82) is 0 Å². The van der Waals surface area contributed by atoms with Crippen LogP contribution in [0.15, 0.2) is 60.1 Å². The van der Waals surface area contributed by atoms with Gasteiger partial charge in [0.15, 0.2) is 11.5 Å². The average Bonchev–Trinajstić information content (AvgIpc) is 3.54. The van der Waals surface area contributed by atoms with Crippen LogP contribution >= 0.6 is 11.3 Å². The van der Waals surface area contributed by atoms with Crippen molar-refractivity contribution in [2.45, 2.75) is 50.6 Å². The van der Waals surface area contributed by atoms with Gasteiger partial charge in [-0.1, -0.05) is 30.3 Å². The number of carboxylic acid groups (broad SMARTS) is 1. The molecule has 42 heavy (non-hydrogen) atoms. The molecular formula is C31H29F3N4O3S. The lowest BCUT2D eigenvalue weighted by Gasteiger charge is -2.32. The molecule has 1 amide bonds. The highest BCUT2D eigenvalue weighted by molar-refractivity contribution is 7.13. The van der Waals surface area contributed by atoms with Crippen molar-refractivity contribution >= 4 is 23.2 Å². The zero-order valence-corrected chi connectivity index (χ0v) is 23.5. The maximum Gasteiger partial charge on any atom is 0.434 e. The molecule has 1 aliphatic carbocycles. The Morgan fingerprint density at radius 3 is 2.38 bits per heavy atom. The summed E-state index contributed by atoms with van der Waals surface area (Å²) in [5.41, 5.74) is 1.73. The van der Waals surface area contributed by atoms with Gasteiger partial charge >= 0.3 is 12.1 Å². The van der Waals surface area contributed by atoms with Crippen molar-refractivity contribution in [2.24, 2.45) is 5.92 Å². The monoisotopic (exact) mass is 594 g/mol. The summed E-state index contributed by atoms with van der Waals surface area (Å²) < 4.78 is 41.7. The topological polar surface area (TPSA) is 88.3 Å². The number of aromatic nitrogens is 3. The zero-order valence-electron chi connectivity index (χ0n) is 22.7. The van der Waals surface area contributed by atoms with Gasteiger partial charge in [0, 0.05) is 19.0 Å². The van der Waals surface area contributed by atoms with Crippen LogP contribution in [0, 0.1) is 5.92 Å². The first-order valence-electron chi connectivity index (χ1n) is 14.0. The molecular weight excluding hydrogens is 565 g/mol. The molecule has 0 spiro atoms. The second-order valence-corrected chi connectivity index (χ2v) is 11.8. The second-order valence-electron chi connectivity index (χ2n) is 10.9. The number of hydrogen-bond acceptors (Lipinski definition) is 5. The molecule has 0 atom stereocenters. The molecule has 1 saturated heterocycles. The smallest absolute Gasteiger partial charge is 0.434 e. The largest absolute Gasteiger partial charge is 0.478 e. The molecule has 1 aliphatic heterocycles. The first-order chi connectivity index (χ1) is 20.2. The van der Waals surface area contributed by atoms with E-state index < -0.39 is 23.4 Å². The molecule has 3 aromatic heterocycles. The highest BCUT2D eigenvalue weighted by Crippen LogP contribution is 2.36. The van der Waals surface area contributed by atoms with Crippen LogP contribution in [0.3, 0.4) is 0 Å². The van der Waals surface area contributed by atoms with E-state index in [0.717, 1.165) is 62.1 Å². The number of likely N-dealkylation sites (tertiary alicyclic amines) is 1. The maximum atomic E-state index is 13.7. The number of alkyl halides is 3. The van der Waals surface area contributed by atoms with Crippen molar-refractivity contribution in [3.05, 3.63) is 88.1 Å². The van der Waals surface area contributed by atoms with E-state index in [2.05, 4.69) is 34.3 Å². The Morgan fingerprint density at radius 2 is 1.71 bits per heavy atom. The van der Waals surface area contributed by atoms with Gasteiger partial charge < -0.3 is 10.0 Å². The number of nitrogens with zero attached hydrogens (tertiary/aromatic N) is 4. The number of carbonyl (C=O) groups is 2. The number of hydrogen-bond donors (Lipinski definition) is 1. The number of halogens is 3. The van der Waals surface area contributed by atoms with Gasteiger partial charge in [-0.05, 0) is 84.7 Å². The lowest BCUT2D eigenvalue weighted by molar-refractivity contribution is -0.143. The van der Waals surface area contributed by atoms with E-state index in [1.54, 1.807) is 12.1 Å². The molecule has 6 rings (SSSR count). The maximum absolute atomic E-state index is 13.7. The molecule has 218 valence electrons. The molecule has 11 heteroatoms.